The maximum Gasteiger partial charge on any atom is 0.306 e. The van der Waals surface area contributed by atoms with Gasteiger partial charge in [-0.2, -0.15) is 0 Å². The Hall–Kier alpha value is -3.37. The molecule has 0 aliphatic heterocycles. The van der Waals surface area contributed by atoms with E-state index in [0.717, 1.165) is 32.1 Å². The smallest absolute Gasteiger partial charge is 0.306 e. The molecule has 1 unspecified atom stereocenters. The second kappa shape index (κ2) is 40.7. The number of hydrogen-bond acceptors (Lipinski definition) is 9. The van der Waals surface area contributed by atoms with Crippen LogP contribution in [0.4, 0.5) is 0 Å². The zero-order valence-corrected chi connectivity index (χ0v) is 39.3. The number of aliphatic hydroxyl groups is 1. The van der Waals surface area contributed by atoms with Gasteiger partial charge in [-0.25, -0.2) is 0 Å². The zero-order valence-electron chi connectivity index (χ0n) is 38.4. The third-order valence-electron chi connectivity index (χ3n) is 8.86. The summed E-state index contributed by atoms with van der Waals surface area (Å²) in [5, 5.41) is 10.1. The number of quaternary nitrogens is 1. The van der Waals surface area contributed by atoms with Crippen LogP contribution in [0.3, 0.4) is 0 Å². The van der Waals surface area contributed by atoms with Gasteiger partial charge < -0.3 is 33.0 Å². The highest BCUT2D eigenvalue weighted by Gasteiger charge is 2.21. The summed E-state index contributed by atoms with van der Waals surface area (Å²) in [5.41, 5.74) is 0. The molecule has 0 aliphatic carbocycles. The predicted octanol–water partition coefficient (Wildman–Crippen LogP) is 11.5. The molecule has 0 heterocycles. The number of phosphoric ester groups is 1. The minimum atomic E-state index is -4.68. The summed E-state index contributed by atoms with van der Waals surface area (Å²) in [4.78, 5) is 37.5. The van der Waals surface area contributed by atoms with Crippen LogP contribution in [-0.4, -0.2) is 81.2 Å². The van der Waals surface area contributed by atoms with Crippen molar-refractivity contribution in [3.05, 3.63) is 109 Å². The molecule has 0 aliphatic rings. The fourth-order valence-electron chi connectivity index (χ4n) is 5.24. The van der Waals surface area contributed by atoms with Gasteiger partial charge in [-0.3, -0.25) is 14.2 Å². The summed E-state index contributed by atoms with van der Waals surface area (Å²) in [7, 11) is 1.03. The number of carbonyl (C=O) groups is 2. The van der Waals surface area contributed by atoms with E-state index in [1.807, 2.05) is 69.8 Å². The Morgan fingerprint density at radius 1 is 0.607 bits per heavy atom. The Morgan fingerprint density at radius 2 is 1.11 bits per heavy atom. The van der Waals surface area contributed by atoms with Crippen molar-refractivity contribution in [2.45, 2.75) is 148 Å². The monoisotopic (exact) mass is 872 g/mol. The Balaban J connectivity index is 4.64. The molecule has 1 N–H and O–H groups in total. The van der Waals surface area contributed by atoms with E-state index >= 15 is 0 Å². The number of likely N-dealkylation sites (N-methyl/N-ethyl adjacent to an activating group) is 1. The Bertz CT molecular complexity index is 1420. The topological polar surface area (TPSA) is 131 Å². The van der Waals surface area contributed by atoms with Gasteiger partial charge in [0.2, 0.25) is 0 Å². The van der Waals surface area contributed by atoms with E-state index in [-0.39, 0.29) is 26.1 Å². The lowest BCUT2D eigenvalue weighted by molar-refractivity contribution is -0.870. The molecule has 0 aromatic carbocycles. The lowest BCUT2D eigenvalue weighted by Gasteiger charge is -2.28. The maximum atomic E-state index is 12.7. The van der Waals surface area contributed by atoms with E-state index in [1.54, 1.807) is 6.08 Å². The van der Waals surface area contributed by atoms with Crippen molar-refractivity contribution >= 4 is 19.8 Å². The first-order chi connectivity index (χ1) is 29.4. The van der Waals surface area contributed by atoms with Gasteiger partial charge in [-0.15, -0.1) is 0 Å². The standard InChI is InChI=1S/C50H82NO9P/c1-6-8-10-12-14-15-16-17-18-19-20-21-22-23-24-25-29-33-37-41-49(53)57-45-48(46-59-61(55,56)58-44-43-51(3,4)5)60-50(54)42-38-34-30-27-26-28-32-36-40-47(52)39-35-31-13-11-9-7-2/h14-15,17-18,20-21,23-24,27-33,35-36,40,47-48,52H,6-13,16,19,22,25-26,34,37-39,41-46H2,1-5H3/b15-14-,18-17-,21-20-,24-23-,30-27-,32-28-,33-29-,35-31-,40-36+/t47-,48+/m0/s1. The lowest BCUT2D eigenvalue weighted by atomic mass is 10.1. The fourth-order valence-corrected chi connectivity index (χ4v) is 5.97. The molecule has 0 fully saturated rings. The average Bonchev–Trinajstić information content (AvgIpc) is 3.21. The third kappa shape index (κ3) is 44.5. The maximum absolute atomic E-state index is 12.7. The first-order valence-corrected chi connectivity index (χ1v) is 24.2. The van der Waals surface area contributed by atoms with Crippen molar-refractivity contribution < 1.29 is 47.2 Å². The van der Waals surface area contributed by atoms with E-state index in [0.29, 0.717) is 43.1 Å². The third-order valence-corrected chi connectivity index (χ3v) is 9.82. The van der Waals surface area contributed by atoms with Gasteiger partial charge in [0.15, 0.2) is 6.10 Å². The van der Waals surface area contributed by atoms with E-state index < -0.39 is 38.6 Å². The second-order valence-electron chi connectivity index (χ2n) is 15.9. The predicted molar refractivity (Wildman–Crippen MR) is 251 cm³/mol. The number of esters is 2. The molecule has 0 spiro atoms. The highest BCUT2D eigenvalue weighted by atomic mass is 31.2. The fraction of sp³-hybridized carbons (Fsp3) is 0.600. The number of carbonyl (C=O) groups excluding carboxylic acids is 2. The van der Waals surface area contributed by atoms with Crippen LogP contribution in [0, 0.1) is 0 Å². The Kier molecular flexibility index (Phi) is 38.4. The van der Waals surface area contributed by atoms with Crippen molar-refractivity contribution in [1.82, 2.24) is 0 Å². The molecule has 0 saturated carbocycles. The highest BCUT2D eigenvalue weighted by molar-refractivity contribution is 7.45. The van der Waals surface area contributed by atoms with Gasteiger partial charge >= 0.3 is 11.9 Å². The molecular formula is C50H82NO9P. The van der Waals surface area contributed by atoms with E-state index in [2.05, 4.69) is 68.5 Å². The van der Waals surface area contributed by atoms with Crippen LogP contribution in [0.1, 0.15) is 136 Å². The van der Waals surface area contributed by atoms with E-state index in [1.165, 1.54) is 44.9 Å². The van der Waals surface area contributed by atoms with Crippen LogP contribution in [0.5, 0.6) is 0 Å². The van der Waals surface area contributed by atoms with Gasteiger partial charge in [-0.1, -0.05) is 149 Å². The normalized spacial score (nSPS) is 15.1. The molecule has 0 amide bonds. The summed E-state index contributed by atoms with van der Waals surface area (Å²) >= 11 is 0. The SMILES string of the molecule is CCCCC/C=C\C/C=C\C/C=C\C/C=C\C/C=C\CCC(=O)OC[C@H](COP(=O)([O-])OCC[N+](C)(C)C)OC(=O)CCC/C=C\C/C=C\C=C\[C@@H](O)C/C=C\CCCCC. The zero-order chi connectivity index (χ0) is 45.1. The number of unbranched alkanes of at least 4 members (excludes halogenated alkanes) is 7. The Labute approximate surface area is 370 Å². The van der Waals surface area contributed by atoms with E-state index in [4.69, 9.17) is 18.5 Å². The summed E-state index contributed by atoms with van der Waals surface area (Å²) < 4.78 is 33.7. The van der Waals surface area contributed by atoms with Crippen LogP contribution in [0.25, 0.3) is 0 Å². The average molecular weight is 872 g/mol. The number of aliphatic hydroxyl groups excluding tert-OH is 1. The summed E-state index contributed by atoms with van der Waals surface area (Å²) in [6.45, 7) is 3.89. The van der Waals surface area contributed by atoms with Gasteiger partial charge in [0.25, 0.3) is 7.82 Å². The van der Waals surface area contributed by atoms with Gasteiger partial charge in [0, 0.05) is 12.8 Å². The van der Waals surface area contributed by atoms with Crippen molar-refractivity contribution in [2.24, 2.45) is 0 Å². The van der Waals surface area contributed by atoms with Crippen molar-refractivity contribution in [3.8, 4) is 0 Å². The van der Waals surface area contributed by atoms with Crippen LogP contribution in [0.2, 0.25) is 0 Å². The molecule has 3 atom stereocenters. The van der Waals surface area contributed by atoms with Crippen molar-refractivity contribution in [3.63, 3.8) is 0 Å². The Morgan fingerprint density at radius 3 is 1.67 bits per heavy atom. The van der Waals surface area contributed by atoms with Gasteiger partial charge in [0.05, 0.1) is 33.9 Å². The van der Waals surface area contributed by atoms with Gasteiger partial charge in [-0.05, 0) is 83.5 Å². The summed E-state index contributed by atoms with van der Waals surface area (Å²) in [5.74, 6) is -1.05. The molecule has 346 valence electrons. The summed E-state index contributed by atoms with van der Waals surface area (Å²) in [6, 6.07) is 0. The number of ether oxygens (including phenoxy) is 2. The van der Waals surface area contributed by atoms with Crippen LogP contribution in [-0.2, 0) is 32.7 Å². The number of phosphoric acid groups is 1. The molecule has 0 aromatic rings. The van der Waals surface area contributed by atoms with Crippen molar-refractivity contribution in [1.29, 1.82) is 0 Å². The van der Waals surface area contributed by atoms with Crippen LogP contribution >= 0.6 is 7.82 Å². The number of allylic oxidation sites excluding steroid dienone is 16. The number of hydrogen-bond donors (Lipinski definition) is 1. The molecule has 0 rings (SSSR count). The molecule has 0 bridgehead atoms. The van der Waals surface area contributed by atoms with Crippen molar-refractivity contribution in [2.75, 3.05) is 47.5 Å². The van der Waals surface area contributed by atoms with Crippen LogP contribution in [0.15, 0.2) is 109 Å². The second-order valence-corrected chi connectivity index (χ2v) is 17.3. The largest absolute Gasteiger partial charge is 0.756 e. The molecule has 0 radical (unpaired) electrons. The first kappa shape index (κ1) is 57.6. The number of nitrogens with zero attached hydrogens (tertiary/aromatic N) is 1. The molecule has 0 saturated heterocycles. The molecule has 0 aromatic heterocycles. The lowest BCUT2D eigenvalue weighted by Crippen LogP contribution is -2.37. The quantitative estimate of drug-likeness (QED) is 0.0160. The molecule has 61 heavy (non-hydrogen) atoms. The molecular weight excluding hydrogens is 790 g/mol. The number of rotatable bonds is 39. The van der Waals surface area contributed by atoms with E-state index in [9.17, 15) is 24.2 Å². The highest BCUT2D eigenvalue weighted by Crippen LogP contribution is 2.38. The molecule has 11 heteroatoms. The van der Waals surface area contributed by atoms with Gasteiger partial charge in [0.1, 0.15) is 19.8 Å². The minimum Gasteiger partial charge on any atom is -0.756 e. The summed E-state index contributed by atoms with van der Waals surface area (Å²) in [6.07, 6.45) is 51.7. The van der Waals surface area contributed by atoms with Crippen LogP contribution < -0.4 is 4.89 Å². The molecule has 10 nitrogen and oxygen atoms in total. The first-order valence-electron chi connectivity index (χ1n) is 22.7. The minimum absolute atomic E-state index is 0.0695.